The normalized spacial score (nSPS) is 11.7. The Morgan fingerprint density at radius 1 is 1.05 bits per heavy atom. The zero-order valence-corrected chi connectivity index (χ0v) is 11.5. The first-order chi connectivity index (χ1) is 9.51. The molecule has 20 heavy (non-hydrogen) atoms. The van der Waals surface area contributed by atoms with Gasteiger partial charge in [0.15, 0.2) is 0 Å². The Balaban J connectivity index is 2.23. The Bertz CT molecular complexity index is 707. The second-order valence-corrected chi connectivity index (χ2v) is 5.57. The highest BCUT2D eigenvalue weighted by molar-refractivity contribution is 7.90. The van der Waals surface area contributed by atoms with E-state index < -0.39 is 10.0 Å². The van der Waals surface area contributed by atoms with Crippen molar-refractivity contribution in [3.8, 4) is 5.75 Å². The molecule has 0 saturated carbocycles. The third-order valence-electron chi connectivity index (χ3n) is 2.57. The average Bonchev–Trinajstić information content (AvgIpc) is 2.47. The highest BCUT2D eigenvalue weighted by atomic mass is 32.2. The second-order valence-electron chi connectivity index (χ2n) is 3.94. The number of benzene rings is 2. The van der Waals surface area contributed by atoms with Crippen molar-refractivity contribution in [2.24, 2.45) is 4.40 Å². The van der Waals surface area contributed by atoms with E-state index in [1.54, 1.807) is 12.1 Å². The SMILES string of the molecule is COc1ccc(S(=O)(=O)N=Cc2ccc(F)cc2)cc1. The molecule has 104 valence electrons. The van der Waals surface area contributed by atoms with Crippen LogP contribution in [0.2, 0.25) is 0 Å². The topological polar surface area (TPSA) is 55.7 Å². The van der Waals surface area contributed by atoms with Crippen molar-refractivity contribution in [3.05, 3.63) is 59.9 Å². The van der Waals surface area contributed by atoms with Gasteiger partial charge in [0.25, 0.3) is 10.0 Å². The number of ether oxygens (including phenoxy) is 1. The minimum Gasteiger partial charge on any atom is -0.497 e. The molecule has 0 amide bonds. The predicted octanol–water partition coefficient (Wildman–Crippen LogP) is 2.64. The van der Waals surface area contributed by atoms with Gasteiger partial charge in [-0.05, 0) is 42.0 Å². The van der Waals surface area contributed by atoms with E-state index in [0.717, 1.165) is 0 Å². The molecule has 0 unspecified atom stereocenters. The summed E-state index contributed by atoms with van der Waals surface area (Å²) in [6.45, 7) is 0. The molecule has 0 radical (unpaired) electrons. The van der Waals surface area contributed by atoms with Gasteiger partial charge in [-0.15, -0.1) is 0 Å². The van der Waals surface area contributed by atoms with Gasteiger partial charge in [0.1, 0.15) is 11.6 Å². The highest BCUT2D eigenvalue weighted by Gasteiger charge is 2.11. The molecule has 0 fully saturated rings. The van der Waals surface area contributed by atoms with Gasteiger partial charge in [-0.2, -0.15) is 12.8 Å². The lowest BCUT2D eigenvalue weighted by atomic mass is 10.2. The highest BCUT2D eigenvalue weighted by Crippen LogP contribution is 2.17. The summed E-state index contributed by atoms with van der Waals surface area (Å²) in [5.74, 6) is 0.173. The van der Waals surface area contributed by atoms with Crippen molar-refractivity contribution in [3.63, 3.8) is 0 Å². The van der Waals surface area contributed by atoms with E-state index in [-0.39, 0.29) is 10.7 Å². The Labute approximate surface area is 116 Å². The number of halogens is 1. The van der Waals surface area contributed by atoms with Crippen LogP contribution in [0.1, 0.15) is 5.56 Å². The summed E-state index contributed by atoms with van der Waals surface area (Å²) in [7, 11) is -2.28. The van der Waals surface area contributed by atoms with Crippen molar-refractivity contribution in [1.82, 2.24) is 0 Å². The van der Waals surface area contributed by atoms with Crippen LogP contribution in [0.4, 0.5) is 4.39 Å². The van der Waals surface area contributed by atoms with Crippen LogP contribution in [-0.4, -0.2) is 21.7 Å². The molecule has 0 N–H and O–H groups in total. The maximum Gasteiger partial charge on any atom is 0.282 e. The lowest BCUT2D eigenvalue weighted by molar-refractivity contribution is 0.414. The molecule has 6 heteroatoms. The van der Waals surface area contributed by atoms with Crippen LogP contribution in [0.3, 0.4) is 0 Å². The van der Waals surface area contributed by atoms with E-state index in [9.17, 15) is 12.8 Å². The maximum atomic E-state index is 12.7. The summed E-state index contributed by atoms with van der Waals surface area (Å²) in [6.07, 6.45) is 1.18. The van der Waals surface area contributed by atoms with Crippen LogP contribution in [0, 0.1) is 5.82 Å². The van der Waals surface area contributed by atoms with Crippen LogP contribution < -0.4 is 4.74 Å². The zero-order valence-electron chi connectivity index (χ0n) is 10.7. The van der Waals surface area contributed by atoms with Crippen molar-refractivity contribution < 1.29 is 17.5 Å². The average molecular weight is 293 g/mol. The molecule has 0 saturated heterocycles. The summed E-state index contributed by atoms with van der Waals surface area (Å²) >= 11 is 0. The molecule has 0 spiro atoms. The molecule has 0 bridgehead atoms. The smallest absolute Gasteiger partial charge is 0.282 e. The third kappa shape index (κ3) is 3.42. The zero-order chi connectivity index (χ0) is 14.6. The third-order valence-corrected chi connectivity index (χ3v) is 3.82. The first-order valence-electron chi connectivity index (χ1n) is 5.71. The van der Waals surface area contributed by atoms with E-state index in [0.29, 0.717) is 11.3 Å². The summed E-state index contributed by atoms with van der Waals surface area (Å²) in [5, 5.41) is 0. The lowest BCUT2D eigenvalue weighted by Crippen LogP contribution is -1.98. The van der Waals surface area contributed by atoms with Crippen molar-refractivity contribution in [2.45, 2.75) is 4.90 Å². The molecule has 2 aromatic rings. The monoisotopic (exact) mass is 293 g/mol. The van der Waals surface area contributed by atoms with Gasteiger partial charge in [-0.25, -0.2) is 4.39 Å². The molecule has 0 aliphatic carbocycles. The fourth-order valence-electron chi connectivity index (χ4n) is 1.49. The van der Waals surface area contributed by atoms with Crippen molar-refractivity contribution in [1.29, 1.82) is 0 Å². The summed E-state index contributed by atoms with van der Waals surface area (Å²) in [4.78, 5) is 0.0664. The number of hydrogen-bond donors (Lipinski definition) is 0. The molecular weight excluding hydrogens is 281 g/mol. The van der Waals surface area contributed by atoms with E-state index in [1.807, 2.05) is 0 Å². The van der Waals surface area contributed by atoms with E-state index >= 15 is 0 Å². The Morgan fingerprint density at radius 3 is 2.20 bits per heavy atom. The molecule has 0 aromatic heterocycles. The molecular formula is C14H12FNO3S. The molecule has 2 rings (SSSR count). The minimum atomic E-state index is -3.77. The quantitative estimate of drug-likeness (QED) is 0.814. The lowest BCUT2D eigenvalue weighted by Gasteiger charge is -2.01. The molecule has 0 aliphatic rings. The van der Waals surface area contributed by atoms with Crippen LogP contribution >= 0.6 is 0 Å². The number of methoxy groups -OCH3 is 1. The molecule has 0 atom stereocenters. The van der Waals surface area contributed by atoms with Crippen LogP contribution in [0.15, 0.2) is 57.8 Å². The molecule has 0 heterocycles. The minimum absolute atomic E-state index is 0.0664. The van der Waals surface area contributed by atoms with Crippen LogP contribution in [-0.2, 0) is 10.0 Å². The van der Waals surface area contributed by atoms with Crippen molar-refractivity contribution in [2.75, 3.05) is 7.11 Å². The number of nitrogens with zero attached hydrogens (tertiary/aromatic N) is 1. The van der Waals surface area contributed by atoms with Gasteiger partial charge in [0.2, 0.25) is 0 Å². The van der Waals surface area contributed by atoms with E-state index in [4.69, 9.17) is 4.74 Å². The van der Waals surface area contributed by atoms with E-state index in [2.05, 4.69) is 4.40 Å². The van der Waals surface area contributed by atoms with Gasteiger partial charge in [-0.1, -0.05) is 12.1 Å². The molecule has 0 aliphatic heterocycles. The summed E-state index contributed by atoms with van der Waals surface area (Å²) in [5.41, 5.74) is 0.503. The van der Waals surface area contributed by atoms with Gasteiger partial charge in [0.05, 0.1) is 12.0 Å². The fourth-order valence-corrected chi connectivity index (χ4v) is 2.35. The Kier molecular flexibility index (Phi) is 4.14. The predicted molar refractivity (Wildman–Crippen MR) is 74.2 cm³/mol. The van der Waals surface area contributed by atoms with Gasteiger partial charge in [0, 0.05) is 6.21 Å². The maximum absolute atomic E-state index is 12.7. The largest absolute Gasteiger partial charge is 0.497 e. The fraction of sp³-hybridized carbons (Fsp3) is 0.0714. The number of hydrogen-bond acceptors (Lipinski definition) is 3. The summed E-state index contributed by atoms with van der Waals surface area (Å²) in [6, 6.07) is 11.3. The number of rotatable bonds is 4. The van der Waals surface area contributed by atoms with Crippen molar-refractivity contribution >= 4 is 16.2 Å². The Morgan fingerprint density at radius 2 is 1.65 bits per heavy atom. The number of sulfonamides is 1. The molecule has 4 nitrogen and oxygen atoms in total. The van der Waals surface area contributed by atoms with Gasteiger partial charge >= 0.3 is 0 Å². The first kappa shape index (κ1) is 14.2. The van der Waals surface area contributed by atoms with Gasteiger partial charge in [-0.3, -0.25) is 0 Å². The molecule has 2 aromatic carbocycles. The summed E-state index contributed by atoms with van der Waals surface area (Å²) < 4.78 is 45.2. The second kappa shape index (κ2) is 5.83. The van der Waals surface area contributed by atoms with Gasteiger partial charge < -0.3 is 4.74 Å². The first-order valence-corrected chi connectivity index (χ1v) is 7.15. The Hall–Kier alpha value is -2.21. The standard InChI is InChI=1S/C14H12FNO3S/c1-19-13-6-8-14(9-7-13)20(17,18)16-10-11-2-4-12(15)5-3-11/h2-10H,1H3. The van der Waals surface area contributed by atoms with E-state index in [1.165, 1.54) is 49.7 Å². The van der Waals surface area contributed by atoms with Crippen LogP contribution in [0.5, 0.6) is 5.75 Å². The van der Waals surface area contributed by atoms with Crippen LogP contribution in [0.25, 0.3) is 0 Å².